The first-order chi connectivity index (χ1) is 10.8. The van der Waals surface area contributed by atoms with E-state index in [1.54, 1.807) is 24.3 Å². The topological polar surface area (TPSA) is 75.3 Å². The molecule has 0 radical (unpaired) electrons. The van der Waals surface area contributed by atoms with Crippen molar-refractivity contribution in [2.75, 3.05) is 19.3 Å². The average molecular weight is 373 g/mol. The minimum atomic E-state index is -3.18. The molecule has 1 aromatic carbocycles. The van der Waals surface area contributed by atoms with Crippen LogP contribution in [0.2, 0.25) is 0 Å². The Bertz CT molecular complexity index is 697. The van der Waals surface area contributed by atoms with E-state index in [9.17, 15) is 13.2 Å². The fourth-order valence-electron chi connectivity index (χ4n) is 3.60. The van der Waals surface area contributed by atoms with E-state index in [-0.39, 0.29) is 35.7 Å². The van der Waals surface area contributed by atoms with Gasteiger partial charge in [-0.05, 0) is 62.4 Å². The molecular weight excluding hydrogens is 348 g/mol. The van der Waals surface area contributed by atoms with Gasteiger partial charge in [0.1, 0.15) is 0 Å². The Kier molecular flexibility index (Phi) is 5.62. The highest BCUT2D eigenvalue weighted by Crippen LogP contribution is 2.58. The largest absolute Gasteiger partial charge is 0.349 e. The number of sulfone groups is 1. The van der Waals surface area contributed by atoms with Gasteiger partial charge < -0.3 is 10.6 Å². The highest BCUT2D eigenvalue weighted by atomic mass is 35.5. The molecule has 7 heteroatoms. The van der Waals surface area contributed by atoms with E-state index >= 15 is 0 Å². The molecule has 0 aromatic heterocycles. The predicted molar refractivity (Wildman–Crippen MR) is 96.0 cm³/mol. The minimum absolute atomic E-state index is 0. The van der Waals surface area contributed by atoms with Crippen molar-refractivity contribution in [2.24, 2.45) is 11.3 Å². The molecule has 1 aromatic rings. The van der Waals surface area contributed by atoms with Crippen molar-refractivity contribution in [3.63, 3.8) is 0 Å². The lowest BCUT2D eigenvalue weighted by Crippen LogP contribution is -2.34. The normalized spacial score (nSPS) is 23.2. The maximum Gasteiger partial charge on any atom is 0.224 e. The standard InChI is InChI=1S/C17H24N2O3S.ClH/c1-12(13-3-5-14(6-4-13)23(2,21)22)19-16(20)15-11-17(15)7-9-18-10-8-17;/h3-6,12,15,18H,7-11H2,1-2H3,(H,19,20);1H. The van der Waals surface area contributed by atoms with Crippen LogP contribution in [-0.4, -0.2) is 33.7 Å². The van der Waals surface area contributed by atoms with Crippen LogP contribution >= 0.6 is 12.4 Å². The molecule has 2 atom stereocenters. The van der Waals surface area contributed by atoms with Gasteiger partial charge in [-0.1, -0.05) is 12.1 Å². The lowest BCUT2D eigenvalue weighted by molar-refractivity contribution is -0.123. The Labute approximate surface area is 149 Å². The number of halogens is 1. The number of nitrogens with one attached hydrogen (secondary N) is 2. The van der Waals surface area contributed by atoms with Crippen molar-refractivity contribution < 1.29 is 13.2 Å². The van der Waals surface area contributed by atoms with E-state index < -0.39 is 9.84 Å². The summed E-state index contributed by atoms with van der Waals surface area (Å²) in [6.45, 7) is 3.95. The molecule has 2 unspecified atom stereocenters. The van der Waals surface area contributed by atoms with Crippen molar-refractivity contribution >= 4 is 28.2 Å². The minimum Gasteiger partial charge on any atom is -0.349 e. The summed E-state index contributed by atoms with van der Waals surface area (Å²) >= 11 is 0. The fraction of sp³-hybridized carbons (Fsp3) is 0.588. The molecule has 2 aliphatic rings. The molecule has 2 N–H and O–H groups in total. The van der Waals surface area contributed by atoms with Crippen LogP contribution in [0.15, 0.2) is 29.2 Å². The van der Waals surface area contributed by atoms with Crippen LogP contribution in [0.4, 0.5) is 0 Å². The lowest BCUT2D eigenvalue weighted by Gasteiger charge is -2.23. The molecule has 5 nitrogen and oxygen atoms in total. The molecule has 2 fully saturated rings. The van der Waals surface area contributed by atoms with Crippen LogP contribution < -0.4 is 10.6 Å². The van der Waals surface area contributed by atoms with Crippen LogP contribution in [0.3, 0.4) is 0 Å². The third-order valence-electron chi connectivity index (χ3n) is 5.27. The highest BCUT2D eigenvalue weighted by Gasteiger charge is 2.57. The summed E-state index contributed by atoms with van der Waals surface area (Å²) in [5.74, 6) is 0.272. The molecule has 134 valence electrons. The van der Waals surface area contributed by atoms with E-state index in [0.29, 0.717) is 4.90 Å². The van der Waals surface area contributed by atoms with Crippen molar-refractivity contribution in [1.82, 2.24) is 10.6 Å². The number of benzene rings is 1. The van der Waals surface area contributed by atoms with Gasteiger partial charge in [0.25, 0.3) is 0 Å². The Balaban J connectivity index is 0.00000208. The van der Waals surface area contributed by atoms with Gasteiger partial charge in [0, 0.05) is 12.2 Å². The summed E-state index contributed by atoms with van der Waals surface area (Å²) in [7, 11) is -3.18. The van der Waals surface area contributed by atoms with E-state index in [2.05, 4.69) is 10.6 Å². The number of hydrogen-bond acceptors (Lipinski definition) is 4. The Morgan fingerprint density at radius 2 is 1.83 bits per heavy atom. The van der Waals surface area contributed by atoms with Gasteiger partial charge in [-0.3, -0.25) is 4.79 Å². The van der Waals surface area contributed by atoms with Crippen LogP contribution in [0.1, 0.15) is 37.8 Å². The number of rotatable bonds is 4. The molecule has 3 rings (SSSR count). The van der Waals surface area contributed by atoms with Gasteiger partial charge in [0.15, 0.2) is 9.84 Å². The molecule has 1 aliphatic carbocycles. The van der Waals surface area contributed by atoms with E-state index in [1.165, 1.54) is 6.26 Å². The second-order valence-corrected chi connectivity index (χ2v) is 8.96. The number of carbonyl (C=O) groups is 1. The smallest absolute Gasteiger partial charge is 0.224 e. The second kappa shape index (κ2) is 7.02. The molecule has 1 heterocycles. The van der Waals surface area contributed by atoms with Gasteiger partial charge in [-0.15, -0.1) is 12.4 Å². The molecular formula is C17H25ClN2O3S. The van der Waals surface area contributed by atoms with Gasteiger partial charge in [-0.2, -0.15) is 0 Å². The Morgan fingerprint density at radius 3 is 2.38 bits per heavy atom. The monoisotopic (exact) mass is 372 g/mol. The third kappa shape index (κ3) is 3.92. The first kappa shape index (κ1) is 19.2. The zero-order valence-electron chi connectivity index (χ0n) is 14.0. The van der Waals surface area contributed by atoms with Crippen LogP contribution in [-0.2, 0) is 14.6 Å². The van der Waals surface area contributed by atoms with Gasteiger partial charge >= 0.3 is 0 Å². The molecule has 24 heavy (non-hydrogen) atoms. The summed E-state index contributed by atoms with van der Waals surface area (Å²) < 4.78 is 23.0. The second-order valence-electron chi connectivity index (χ2n) is 6.94. The third-order valence-corrected chi connectivity index (χ3v) is 6.40. The van der Waals surface area contributed by atoms with Crippen molar-refractivity contribution in [2.45, 2.75) is 37.1 Å². The first-order valence-corrected chi connectivity index (χ1v) is 10.0. The van der Waals surface area contributed by atoms with Gasteiger partial charge in [0.2, 0.25) is 5.91 Å². The SMILES string of the molecule is CC(NC(=O)C1CC12CCNCC2)c1ccc(S(C)(=O)=O)cc1.Cl. The number of piperidine rings is 1. The predicted octanol–water partition coefficient (Wildman–Crippen LogP) is 2.08. The summed E-state index contributed by atoms with van der Waals surface area (Å²) in [4.78, 5) is 12.8. The van der Waals surface area contributed by atoms with E-state index in [4.69, 9.17) is 0 Å². The van der Waals surface area contributed by atoms with Crippen molar-refractivity contribution in [3.8, 4) is 0 Å². The highest BCUT2D eigenvalue weighted by molar-refractivity contribution is 7.90. The van der Waals surface area contributed by atoms with Crippen LogP contribution in [0.25, 0.3) is 0 Å². The number of hydrogen-bond donors (Lipinski definition) is 2. The zero-order chi connectivity index (χ0) is 16.7. The zero-order valence-corrected chi connectivity index (χ0v) is 15.7. The average Bonchev–Trinajstić information content (AvgIpc) is 3.20. The lowest BCUT2D eigenvalue weighted by atomic mass is 9.91. The van der Waals surface area contributed by atoms with Gasteiger partial charge in [-0.25, -0.2) is 8.42 Å². The summed E-state index contributed by atoms with van der Waals surface area (Å²) in [6, 6.07) is 6.62. The van der Waals surface area contributed by atoms with E-state index in [1.807, 2.05) is 6.92 Å². The summed E-state index contributed by atoms with van der Waals surface area (Å²) in [5.41, 5.74) is 1.15. The maximum atomic E-state index is 12.5. The molecule has 1 saturated carbocycles. The molecule has 1 saturated heterocycles. The van der Waals surface area contributed by atoms with Crippen LogP contribution in [0, 0.1) is 11.3 Å². The van der Waals surface area contributed by atoms with E-state index in [0.717, 1.165) is 37.9 Å². The van der Waals surface area contributed by atoms with Crippen molar-refractivity contribution in [3.05, 3.63) is 29.8 Å². The quantitative estimate of drug-likeness (QED) is 0.848. The summed E-state index contributed by atoms with van der Waals surface area (Å²) in [6.07, 6.45) is 4.37. The summed E-state index contributed by atoms with van der Waals surface area (Å²) in [5, 5.41) is 6.42. The molecule has 1 amide bonds. The molecule has 1 aliphatic heterocycles. The van der Waals surface area contributed by atoms with Gasteiger partial charge in [0.05, 0.1) is 10.9 Å². The Hall–Kier alpha value is -1.11. The number of amides is 1. The van der Waals surface area contributed by atoms with Crippen LogP contribution in [0.5, 0.6) is 0 Å². The van der Waals surface area contributed by atoms with Crippen molar-refractivity contribution in [1.29, 1.82) is 0 Å². The molecule has 1 spiro atoms. The number of carbonyl (C=O) groups excluding carboxylic acids is 1. The molecule has 0 bridgehead atoms. The maximum absolute atomic E-state index is 12.5. The first-order valence-electron chi connectivity index (χ1n) is 8.13. The fourth-order valence-corrected chi connectivity index (χ4v) is 4.23. The Morgan fingerprint density at radius 1 is 1.25 bits per heavy atom.